The van der Waals surface area contributed by atoms with Crippen molar-refractivity contribution >= 4 is 18.0 Å². The van der Waals surface area contributed by atoms with Gasteiger partial charge in [-0.05, 0) is 66.3 Å². The van der Waals surface area contributed by atoms with E-state index in [1.807, 2.05) is 30.3 Å². The van der Waals surface area contributed by atoms with E-state index >= 15 is 0 Å². The normalized spacial score (nSPS) is 17.2. The first-order chi connectivity index (χ1) is 19.4. The largest absolute Gasteiger partial charge is 0.493 e. The van der Waals surface area contributed by atoms with Gasteiger partial charge in [-0.2, -0.15) is 0 Å². The summed E-state index contributed by atoms with van der Waals surface area (Å²) in [7, 11) is 9.27. The van der Waals surface area contributed by atoms with Gasteiger partial charge in [0.15, 0.2) is 23.0 Å². The molecule has 0 N–H and O–H groups in total. The van der Waals surface area contributed by atoms with Crippen LogP contribution in [0.5, 0.6) is 28.7 Å². The SMILES string of the molecule is COC(=O)C1CN(Cc2cc(OC)c(OC)c(OC)c2)CCN1C(=O)C1=Cc2cc(OC)c(OC)cc2CCC1. The summed E-state index contributed by atoms with van der Waals surface area (Å²) in [6.07, 6.45) is 4.15. The van der Waals surface area contributed by atoms with Gasteiger partial charge in [-0.3, -0.25) is 9.69 Å². The second-order valence-electron chi connectivity index (χ2n) is 9.74. The Labute approximate surface area is 235 Å². The molecule has 2 aromatic carbocycles. The molecule has 0 radical (unpaired) electrons. The van der Waals surface area contributed by atoms with Crippen LogP contribution in [0.4, 0.5) is 0 Å². The van der Waals surface area contributed by atoms with E-state index in [9.17, 15) is 9.59 Å². The van der Waals surface area contributed by atoms with Gasteiger partial charge in [-0.1, -0.05) is 0 Å². The van der Waals surface area contributed by atoms with Crippen LogP contribution >= 0.6 is 0 Å². The molecular formula is C30H38N2O8. The number of esters is 1. The number of carbonyl (C=O) groups excluding carboxylic acids is 2. The van der Waals surface area contributed by atoms with E-state index in [-0.39, 0.29) is 5.91 Å². The maximum absolute atomic E-state index is 13.9. The van der Waals surface area contributed by atoms with Gasteiger partial charge in [-0.25, -0.2) is 4.79 Å². The van der Waals surface area contributed by atoms with Crippen molar-refractivity contribution in [2.24, 2.45) is 0 Å². The molecule has 1 aliphatic heterocycles. The summed E-state index contributed by atoms with van der Waals surface area (Å²) in [6, 6.07) is 6.92. The van der Waals surface area contributed by atoms with E-state index in [0.717, 1.165) is 29.5 Å². The third-order valence-corrected chi connectivity index (χ3v) is 7.47. The van der Waals surface area contributed by atoms with Crippen LogP contribution in [0, 0.1) is 0 Å². The first kappa shape index (κ1) is 29.1. The van der Waals surface area contributed by atoms with Crippen LogP contribution in [0.2, 0.25) is 0 Å². The van der Waals surface area contributed by atoms with Crippen molar-refractivity contribution in [2.75, 3.05) is 62.3 Å². The third kappa shape index (κ3) is 5.96. The van der Waals surface area contributed by atoms with E-state index in [0.29, 0.717) is 66.9 Å². The Morgan fingerprint density at radius 3 is 2.05 bits per heavy atom. The predicted molar refractivity (Wildman–Crippen MR) is 149 cm³/mol. The van der Waals surface area contributed by atoms with Crippen molar-refractivity contribution in [1.82, 2.24) is 9.80 Å². The van der Waals surface area contributed by atoms with Gasteiger partial charge in [0.05, 0.1) is 42.7 Å². The number of methoxy groups -OCH3 is 6. The molecule has 1 amide bonds. The quantitative estimate of drug-likeness (QED) is 0.433. The summed E-state index contributed by atoms with van der Waals surface area (Å²) >= 11 is 0. The Hall–Kier alpha value is -3.92. The fraction of sp³-hybridized carbons (Fsp3) is 0.467. The molecule has 216 valence electrons. The highest BCUT2D eigenvalue weighted by Crippen LogP contribution is 2.39. The van der Waals surface area contributed by atoms with Crippen molar-refractivity contribution in [3.63, 3.8) is 0 Å². The summed E-state index contributed by atoms with van der Waals surface area (Å²) in [5, 5.41) is 0. The number of benzene rings is 2. The first-order valence-electron chi connectivity index (χ1n) is 13.2. The van der Waals surface area contributed by atoms with E-state index in [2.05, 4.69) is 4.90 Å². The molecule has 1 saturated heterocycles. The van der Waals surface area contributed by atoms with Crippen molar-refractivity contribution in [1.29, 1.82) is 0 Å². The number of fused-ring (bicyclic) bond motifs is 1. The fourth-order valence-electron chi connectivity index (χ4n) is 5.42. The minimum atomic E-state index is -0.734. The molecule has 2 aliphatic rings. The number of ether oxygens (including phenoxy) is 6. The lowest BCUT2D eigenvalue weighted by Crippen LogP contribution is -2.58. The zero-order chi connectivity index (χ0) is 28.8. The molecule has 10 heteroatoms. The number of aryl methyl sites for hydroxylation is 1. The molecule has 4 rings (SSSR count). The molecule has 1 fully saturated rings. The summed E-state index contributed by atoms with van der Waals surface area (Å²) in [5.74, 6) is 2.33. The lowest BCUT2D eigenvalue weighted by atomic mass is 10.0. The summed E-state index contributed by atoms with van der Waals surface area (Å²) < 4.78 is 32.5. The fourth-order valence-corrected chi connectivity index (χ4v) is 5.42. The highest BCUT2D eigenvalue weighted by Gasteiger charge is 2.37. The lowest BCUT2D eigenvalue weighted by molar-refractivity contribution is -0.155. The van der Waals surface area contributed by atoms with E-state index < -0.39 is 12.0 Å². The Morgan fingerprint density at radius 2 is 1.45 bits per heavy atom. The van der Waals surface area contributed by atoms with Gasteiger partial charge in [0.25, 0.3) is 5.91 Å². The highest BCUT2D eigenvalue weighted by molar-refractivity contribution is 6.00. The van der Waals surface area contributed by atoms with Gasteiger partial charge in [0.1, 0.15) is 6.04 Å². The second-order valence-corrected chi connectivity index (χ2v) is 9.74. The maximum atomic E-state index is 13.9. The van der Waals surface area contributed by atoms with Crippen LogP contribution < -0.4 is 23.7 Å². The average molecular weight is 555 g/mol. The topological polar surface area (TPSA) is 96.0 Å². The number of nitrogens with zero attached hydrogens (tertiary/aromatic N) is 2. The van der Waals surface area contributed by atoms with Gasteiger partial charge in [-0.15, -0.1) is 0 Å². The lowest BCUT2D eigenvalue weighted by Gasteiger charge is -2.40. The number of rotatable bonds is 9. The number of piperazine rings is 1. The predicted octanol–water partition coefficient (Wildman–Crippen LogP) is 3.34. The molecule has 1 heterocycles. The van der Waals surface area contributed by atoms with Crippen LogP contribution in [-0.4, -0.2) is 90.0 Å². The molecule has 2 aromatic rings. The third-order valence-electron chi connectivity index (χ3n) is 7.47. The summed E-state index contributed by atoms with van der Waals surface area (Å²) in [6.45, 7) is 1.85. The number of amides is 1. The minimum Gasteiger partial charge on any atom is -0.493 e. The number of hydrogen-bond acceptors (Lipinski definition) is 9. The molecule has 0 saturated carbocycles. The van der Waals surface area contributed by atoms with Gasteiger partial charge < -0.3 is 33.3 Å². The van der Waals surface area contributed by atoms with Gasteiger partial charge in [0, 0.05) is 31.8 Å². The maximum Gasteiger partial charge on any atom is 0.329 e. The molecule has 1 unspecified atom stereocenters. The van der Waals surface area contributed by atoms with Crippen LogP contribution in [0.3, 0.4) is 0 Å². The zero-order valence-electron chi connectivity index (χ0n) is 24.1. The minimum absolute atomic E-state index is 0.148. The van der Waals surface area contributed by atoms with Crippen LogP contribution in [0.1, 0.15) is 29.5 Å². The van der Waals surface area contributed by atoms with Crippen molar-refractivity contribution < 1.29 is 38.0 Å². The molecule has 40 heavy (non-hydrogen) atoms. The molecule has 0 spiro atoms. The van der Waals surface area contributed by atoms with Crippen molar-refractivity contribution in [3.8, 4) is 28.7 Å². The number of carbonyl (C=O) groups is 2. The van der Waals surface area contributed by atoms with Crippen LogP contribution in [0.15, 0.2) is 29.8 Å². The Kier molecular flexibility index (Phi) is 9.42. The van der Waals surface area contributed by atoms with E-state index in [4.69, 9.17) is 28.4 Å². The second kappa shape index (κ2) is 13.0. The van der Waals surface area contributed by atoms with E-state index in [1.165, 1.54) is 7.11 Å². The summed E-state index contributed by atoms with van der Waals surface area (Å²) in [5.41, 5.74) is 3.62. The monoisotopic (exact) mass is 554 g/mol. The summed E-state index contributed by atoms with van der Waals surface area (Å²) in [4.78, 5) is 30.5. The first-order valence-corrected chi connectivity index (χ1v) is 13.2. The highest BCUT2D eigenvalue weighted by atomic mass is 16.5. The van der Waals surface area contributed by atoms with Crippen LogP contribution in [0.25, 0.3) is 6.08 Å². The van der Waals surface area contributed by atoms with Crippen LogP contribution in [-0.2, 0) is 27.3 Å². The Morgan fingerprint density at radius 1 is 0.800 bits per heavy atom. The molecule has 1 atom stereocenters. The Balaban J connectivity index is 1.57. The Bertz CT molecular complexity index is 1250. The molecule has 0 aromatic heterocycles. The number of hydrogen-bond donors (Lipinski definition) is 0. The molecule has 10 nitrogen and oxygen atoms in total. The van der Waals surface area contributed by atoms with Gasteiger partial charge in [0.2, 0.25) is 5.75 Å². The molecular weight excluding hydrogens is 516 g/mol. The molecule has 1 aliphatic carbocycles. The van der Waals surface area contributed by atoms with Gasteiger partial charge >= 0.3 is 5.97 Å². The zero-order valence-corrected chi connectivity index (χ0v) is 24.1. The van der Waals surface area contributed by atoms with E-state index in [1.54, 1.807) is 40.4 Å². The molecule has 0 bridgehead atoms. The average Bonchev–Trinajstić information content (AvgIpc) is 3.20. The smallest absolute Gasteiger partial charge is 0.329 e. The van der Waals surface area contributed by atoms with Crippen molar-refractivity contribution in [2.45, 2.75) is 31.8 Å². The standard InChI is InChI=1S/C30H38N2O8/c1-35-24-15-20-8-7-9-21(14-22(20)16-25(24)36-2)29(33)32-11-10-31(18-23(32)30(34)40-6)17-19-12-26(37-3)28(39-5)27(13-19)38-4/h12-16,23H,7-11,17-18H2,1-6H3. The van der Waals surface area contributed by atoms with Crippen molar-refractivity contribution in [3.05, 3.63) is 46.5 Å².